The van der Waals surface area contributed by atoms with Gasteiger partial charge in [-0.15, -0.1) is 0 Å². The van der Waals surface area contributed by atoms with E-state index in [9.17, 15) is 9.59 Å². The summed E-state index contributed by atoms with van der Waals surface area (Å²) in [5.41, 5.74) is 1.68. The highest BCUT2D eigenvalue weighted by atomic mass is 16.2. The average Bonchev–Trinajstić information content (AvgIpc) is 2.59. The Hall–Kier alpha value is -3.01. The van der Waals surface area contributed by atoms with Crippen molar-refractivity contribution in [2.75, 3.05) is 0 Å². The molecule has 110 valence electrons. The molecule has 0 fully saturated rings. The lowest BCUT2D eigenvalue weighted by atomic mass is 9.95. The molecule has 23 heavy (non-hydrogen) atoms. The van der Waals surface area contributed by atoms with Gasteiger partial charge in [-0.25, -0.2) is 9.38 Å². The molecule has 0 N–H and O–H groups in total. The number of aryl methyl sites for hydroxylation is 1. The third kappa shape index (κ3) is 1.52. The third-order valence-corrected chi connectivity index (χ3v) is 4.63. The van der Waals surface area contributed by atoms with E-state index in [2.05, 4.69) is 4.98 Å². The minimum Gasteiger partial charge on any atom is -0.268 e. The molecule has 0 spiro atoms. The van der Waals surface area contributed by atoms with Crippen LogP contribution in [0.5, 0.6) is 0 Å². The van der Waals surface area contributed by atoms with Gasteiger partial charge in [0.25, 0.3) is 11.1 Å². The lowest BCUT2D eigenvalue weighted by Gasteiger charge is -2.13. The van der Waals surface area contributed by atoms with E-state index in [1.807, 2.05) is 36.4 Å². The Labute approximate surface area is 130 Å². The molecule has 2 aromatic heterocycles. The normalized spacial score (nSPS) is 13.6. The van der Waals surface area contributed by atoms with Crippen molar-refractivity contribution in [2.45, 2.75) is 12.8 Å². The van der Waals surface area contributed by atoms with Gasteiger partial charge >= 0.3 is 0 Å². The summed E-state index contributed by atoms with van der Waals surface area (Å²) in [6, 6.07) is 13.1. The fraction of sp³-hybridized carbons (Fsp3) is 0.105. The summed E-state index contributed by atoms with van der Waals surface area (Å²) in [5.74, 6) is 0. The number of nitrogens with zero attached hydrogens (tertiary/aromatic N) is 2. The number of benzene rings is 2. The molecule has 0 amide bonds. The van der Waals surface area contributed by atoms with Crippen LogP contribution < -0.4 is 16.3 Å². The number of hydrogen-bond donors (Lipinski definition) is 0. The van der Waals surface area contributed by atoms with Gasteiger partial charge in [-0.05, 0) is 30.5 Å². The van der Waals surface area contributed by atoms with Crippen LogP contribution in [-0.2, 0) is 6.42 Å². The van der Waals surface area contributed by atoms with E-state index < -0.39 is 0 Å². The van der Waals surface area contributed by atoms with Crippen molar-refractivity contribution in [3.63, 3.8) is 0 Å². The average molecular weight is 300 g/mol. The first-order valence-corrected chi connectivity index (χ1v) is 7.65. The molecule has 5 rings (SSSR count). The number of para-hydroxylation sites is 1. The summed E-state index contributed by atoms with van der Waals surface area (Å²) in [7, 11) is 0. The van der Waals surface area contributed by atoms with E-state index in [4.69, 9.17) is 0 Å². The zero-order chi connectivity index (χ0) is 15.6. The van der Waals surface area contributed by atoms with Crippen molar-refractivity contribution in [3.8, 4) is 0 Å². The summed E-state index contributed by atoms with van der Waals surface area (Å²) >= 11 is 0. The molecule has 1 aliphatic rings. The Morgan fingerprint density at radius 3 is 2.65 bits per heavy atom. The van der Waals surface area contributed by atoms with E-state index in [1.165, 1.54) is 4.40 Å². The van der Waals surface area contributed by atoms with Crippen LogP contribution in [0, 0.1) is 0 Å². The summed E-state index contributed by atoms with van der Waals surface area (Å²) in [5, 5.41) is 2.93. The van der Waals surface area contributed by atoms with Crippen LogP contribution in [0.4, 0.5) is 0 Å². The lowest BCUT2D eigenvalue weighted by molar-refractivity contribution is 0.990. The number of hydrogen-bond acceptors (Lipinski definition) is 3. The molecule has 0 radical (unpaired) electrons. The Morgan fingerprint density at radius 2 is 1.74 bits per heavy atom. The second kappa shape index (κ2) is 4.26. The molecule has 2 heterocycles. The molecule has 4 aromatic rings. The van der Waals surface area contributed by atoms with Gasteiger partial charge in [0.15, 0.2) is 5.65 Å². The number of pyridine rings is 1. The van der Waals surface area contributed by atoms with Gasteiger partial charge in [0.05, 0.1) is 10.9 Å². The maximum absolute atomic E-state index is 12.9. The fourth-order valence-electron chi connectivity index (χ4n) is 3.60. The highest BCUT2D eigenvalue weighted by Crippen LogP contribution is 2.22. The van der Waals surface area contributed by atoms with Crippen LogP contribution in [-0.4, -0.2) is 9.38 Å². The Balaban J connectivity index is 2.23. The van der Waals surface area contributed by atoms with Crippen LogP contribution in [0.2, 0.25) is 0 Å². The van der Waals surface area contributed by atoms with Crippen molar-refractivity contribution in [1.82, 2.24) is 9.38 Å². The van der Waals surface area contributed by atoms with Crippen molar-refractivity contribution >= 4 is 33.4 Å². The van der Waals surface area contributed by atoms with Crippen molar-refractivity contribution in [2.24, 2.45) is 0 Å². The standard InChI is InChI=1S/C19H12N2O2/c22-18-12-7-1-2-10-15(12)20-17-13-8-3-5-11-6-4-9-14(16(11)13)19(23)21(17)18/h1-3,5,7-10H,4,6H2. The van der Waals surface area contributed by atoms with Crippen LogP contribution in [0.3, 0.4) is 0 Å². The maximum atomic E-state index is 12.9. The lowest BCUT2D eigenvalue weighted by Crippen LogP contribution is -2.39. The first-order chi connectivity index (χ1) is 11.3. The molecular weight excluding hydrogens is 288 g/mol. The van der Waals surface area contributed by atoms with Crippen molar-refractivity contribution < 1.29 is 0 Å². The molecule has 2 aromatic carbocycles. The number of fused-ring (bicyclic) bond motifs is 3. The molecule has 4 nitrogen and oxygen atoms in total. The van der Waals surface area contributed by atoms with Crippen LogP contribution in [0.1, 0.15) is 12.0 Å². The minimum absolute atomic E-state index is 0.261. The monoisotopic (exact) mass is 300 g/mol. The van der Waals surface area contributed by atoms with Gasteiger partial charge in [0.2, 0.25) is 0 Å². The quantitative estimate of drug-likeness (QED) is 0.367. The van der Waals surface area contributed by atoms with Gasteiger partial charge in [0.1, 0.15) is 0 Å². The Bertz CT molecular complexity index is 1300. The first kappa shape index (κ1) is 12.5. The number of aromatic nitrogens is 2. The zero-order valence-corrected chi connectivity index (χ0v) is 12.2. The second-order valence-corrected chi connectivity index (χ2v) is 5.89. The molecule has 1 aliphatic carbocycles. The van der Waals surface area contributed by atoms with Gasteiger partial charge in [-0.2, -0.15) is 0 Å². The van der Waals surface area contributed by atoms with Crippen LogP contribution >= 0.6 is 0 Å². The predicted octanol–water partition coefficient (Wildman–Crippen LogP) is 1.81. The van der Waals surface area contributed by atoms with Gasteiger partial charge in [-0.1, -0.05) is 36.4 Å². The van der Waals surface area contributed by atoms with Crippen molar-refractivity contribution in [3.05, 3.63) is 74.0 Å². The molecular formula is C19H12N2O2. The molecule has 0 saturated carbocycles. The molecule has 0 unspecified atom stereocenters. The van der Waals surface area contributed by atoms with E-state index in [-0.39, 0.29) is 11.1 Å². The van der Waals surface area contributed by atoms with Crippen molar-refractivity contribution in [1.29, 1.82) is 0 Å². The number of rotatable bonds is 0. The fourth-order valence-corrected chi connectivity index (χ4v) is 3.60. The zero-order valence-electron chi connectivity index (χ0n) is 12.2. The van der Waals surface area contributed by atoms with E-state index in [1.54, 1.807) is 12.1 Å². The molecule has 0 atom stereocenters. The summed E-state index contributed by atoms with van der Waals surface area (Å²) in [4.78, 5) is 30.4. The SMILES string of the molecule is O=c1c2c3c(cccc3c3nc4ccccc4c(=O)n13)CCC=2. The van der Waals surface area contributed by atoms with E-state index in [0.29, 0.717) is 21.8 Å². The minimum atomic E-state index is -0.293. The summed E-state index contributed by atoms with van der Waals surface area (Å²) < 4.78 is 1.23. The summed E-state index contributed by atoms with van der Waals surface area (Å²) in [6.07, 6.45) is 3.68. The second-order valence-electron chi connectivity index (χ2n) is 5.89. The smallest absolute Gasteiger partial charge is 0.268 e. The first-order valence-electron chi connectivity index (χ1n) is 7.65. The summed E-state index contributed by atoms with van der Waals surface area (Å²) in [6.45, 7) is 0. The Morgan fingerprint density at radius 1 is 0.913 bits per heavy atom. The third-order valence-electron chi connectivity index (χ3n) is 4.63. The predicted molar refractivity (Wildman–Crippen MR) is 90.7 cm³/mol. The highest BCUT2D eigenvalue weighted by Gasteiger charge is 2.16. The van der Waals surface area contributed by atoms with Gasteiger partial charge in [-0.3, -0.25) is 9.59 Å². The highest BCUT2D eigenvalue weighted by molar-refractivity contribution is 5.98. The van der Waals surface area contributed by atoms with Gasteiger partial charge in [0, 0.05) is 16.0 Å². The topological polar surface area (TPSA) is 51.4 Å². The van der Waals surface area contributed by atoms with Crippen LogP contribution in [0.15, 0.2) is 52.1 Å². The molecule has 0 aliphatic heterocycles. The van der Waals surface area contributed by atoms with Gasteiger partial charge < -0.3 is 0 Å². The molecule has 0 bridgehead atoms. The maximum Gasteiger partial charge on any atom is 0.268 e. The molecule has 0 saturated heterocycles. The molecule has 4 heteroatoms. The van der Waals surface area contributed by atoms with E-state index >= 15 is 0 Å². The largest absolute Gasteiger partial charge is 0.268 e. The van der Waals surface area contributed by atoms with Crippen LogP contribution in [0.25, 0.3) is 33.4 Å². The Kier molecular flexibility index (Phi) is 2.32. The van der Waals surface area contributed by atoms with E-state index in [0.717, 1.165) is 29.2 Å².